The fraction of sp³-hybridized carbons (Fsp3) is 0. The van der Waals surface area contributed by atoms with Gasteiger partial charge in [0.15, 0.2) is 0 Å². The van der Waals surface area contributed by atoms with E-state index in [9.17, 15) is 4.79 Å². The van der Waals surface area contributed by atoms with E-state index in [2.05, 4.69) is 28.2 Å². The number of amides is 1. The molecule has 1 amide bonds. The molecule has 0 N–H and O–H groups in total. The topological polar surface area (TPSA) is 29.4 Å². The zero-order chi connectivity index (χ0) is 15.2. The normalized spacial score (nSPS) is 10.4. The van der Waals surface area contributed by atoms with Crippen molar-refractivity contribution in [1.82, 2.24) is 0 Å². The minimum atomic E-state index is -1.74. The summed E-state index contributed by atoms with van der Waals surface area (Å²) in [6.07, 6.45) is 0. The monoisotopic (exact) mass is 353 g/mol. The predicted octanol–water partition coefficient (Wildman–Crippen LogP) is 2.90. The van der Waals surface area contributed by atoms with Crippen LogP contribution in [0.2, 0.25) is 0 Å². The third kappa shape index (κ3) is 3.45. The molecule has 0 aliphatic rings. The standard InChI is InChI=1S/C19H15NOSe/c21-19(16-10-4-1-5-11-16)20-22(17-12-6-2-7-13-17)18-14-8-3-9-15-18/h1-15H. The Morgan fingerprint density at radius 2 is 1.05 bits per heavy atom. The van der Waals surface area contributed by atoms with Gasteiger partial charge >= 0.3 is 134 Å². The fourth-order valence-electron chi connectivity index (χ4n) is 2.06. The Morgan fingerprint density at radius 3 is 1.50 bits per heavy atom. The third-order valence-corrected chi connectivity index (χ3v) is 6.87. The van der Waals surface area contributed by atoms with Crippen molar-refractivity contribution in [2.24, 2.45) is 3.96 Å². The van der Waals surface area contributed by atoms with Gasteiger partial charge in [0.1, 0.15) is 0 Å². The van der Waals surface area contributed by atoms with E-state index in [-0.39, 0.29) is 5.91 Å². The van der Waals surface area contributed by atoms with Crippen molar-refractivity contribution in [1.29, 1.82) is 0 Å². The second-order valence-electron chi connectivity index (χ2n) is 4.67. The molecular formula is C19H15NOSe. The molecule has 0 fully saturated rings. The zero-order valence-corrected chi connectivity index (χ0v) is 13.6. The van der Waals surface area contributed by atoms with Crippen LogP contribution in [-0.4, -0.2) is 19.6 Å². The van der Waals surface area contributed by atoms with Gasteiger partial charge in [-0.2, -0.15) is 0 Å². The van der Waals surface area contributed by atoms with Crippen LogP contribution in [0.3, 0.4) is 0 Å². The number of nitrogens with zero attached hydrogens (tertiary/aromatic N) is 1. The average molecular weight is 352 g/mol. The summed E-state index contributed by atoms with van der Waals surface area (Å²) < 4.78 is 6.85. The Kier molecular flexibility index (Phi) is 4.69. The maximum absolute atomic E-state index is 12.5. The van der Waals surface area contributed by atoms with Gasteiger partial charge in [-0.3, -0.25) is 0 Å². The van der Waals surface area contributed by atoms with Crippen molar-refractivity contribution in [3.63, 3.8) is 0 Å². The Morgan fingerprint density at radius 1 is 0.636 bits per heavy atom. The van der Waals surface area contributed by atoms with Gasteiger partial charge in [-0.15, -0.1) is 0 Å². The first-order valence-electron chi connectivity index (χ1n) is 7.00. The predicted molar refractivity (Wildman–Crippen MR) is 91.1 cm³/mol. The van der Waals surface area contributed by atoms with Crippen LogP contribution in [0.15, 0.2) is 95.0 Å². The molecule has 0 radical (unpaired) electrons. The van der Waals surface area contributed by atoms with Gasteiger partial charge in [0.2, 0.25) is 0 Å². The molecule has 0 bridgehead atoms. The summed E-state index contributed by atoms with van der Waals surface area (Å²) in [5.74, 6) is -0.140. The van der Waals surface area contributed by atoms with Crippen LogP contribution in [0.5, 0.6) is 0 Å². The molecule has 0 unspecified atom stereocenters. The van der Waals surface area contributed by atoms with Gasteiger partial charge in [0.25, 0.3) is 0 Å². The van der Waals surface area contributed by atoms with Crippen molar-refractivity contribution in [3.05, 3.63) is 96.6 Å². The molecule has 108 valence electrons. The zero-order valence-electron chi connectivity index (χ0n) is 11.9. The van der Waals surface area contributed by atoms with Gasteiger partial charge in [0, 0.05) is 0 Å². The number of carbonyl (C=O) groups excluding carboxylic acids is 1. The molecule has 3 heteroatoms. The molecule has 3 aromatic carbocycles. The molecule has 0 saturated carbocycles. The van der Waals surface area contributed by atoms with Gasteiger partial charge < -0.3 is 0 Å². The first-order chi connectivity index (χ1) is 10.8. The van der Waals surface area contributed by atoms with E-state index in [0.29, 0.717) is 5.56 Å². The number of hydrogen-bond donors (Lipinski definition) is 0. The van der Waals surface area contributed by atoms with Crippen LogP contribution in [0.1, 0.15) is 10.4 Å². The molecule has 22 heavy (non-hydrogen) atoms. The summed E-state index contributed by atoms with van der Waals surface area (Å²) in [5.41, 5.74) is 0.642. The van der Waals surface area contributed by atoms with Gasteiger partial charge in [-0.05, 0) is 0 Å². The van der Waals surface area contributed by atoms with E-state index in [1.54, 1.807) is 0 Å². The first kappa shape index (κ1) is 14.6. The summed E-state index contributed by atoms with van der Waals surface area (Å²) in [7, 11) is 0. The Bertz CT molecular complexity index is 742. The molecule has 0 heterocycles. The van der Waals surface area contributed by atoms with Gasteiger partial charge in [-0.25, -0.2) is 0 Å². The summed E-state index contributed by atoms with van der Waals surface area (Å²) in [6, 6.07) is 29.4. The number of benzene rings is 3. The van der Waals surface area contributed by atoms with E-state index in [4.69, 9.17) is 0 Å². The van der Waals surface area contributed by atoms with Crippen molar-refractivity contribution in [2.75, 3.05) is 0 Å². The molecule has 0 saturated heterocycles. The molecule has 0 aliphatic carbocycles. The number of rotatable bonds is 3. The first-order valence-corrected chi connectivity index (χ1v) is 9.48. The van der Waals surface area contributed by atoms with E-state index in [1.165, 1.54) is 0 Å². The van der Waals surface area contributed by atoms with Crippen molar-refractivity contribution in [2.45, 2.75) is 0 Å². The van der Waals surface area contributed by atoms with Crippen LogP contribution in [0, 0.1) is 0 Å². The summed E-state index contributed by atoms with van der Waals surface area (Å²) in [6.45, 7) is 0. The molecular weight excluding hydrogens is 337 g/mol. The molecule has 0 atom stereocenters. The van der Waals surface area contributed by atoms with Crippen LogP contribution in [0.4, 0.5) is 0 Å². The Labute approximate surface area is 134 Å². The van der Waals surface area contributed by atoms with Crippen molar-refractivity contribution in [3.8, 4) is 0 Å². The second kappa shape index (κ2) is 7.08. The quantitative estimate of drug-likeness (QED) is 0.667. The van der Waals surface area contributed by atoms with E-state index < -0.39 is 13.7 Å². The van der Waals surface area contributed by atoms with E-state index in [1.807, 2.05) is 66.7 Å². The van der Waals surface area contributed by atoms with E-state index >= 15 is 0 Å². The average Bonchev–Trinajstić information content (AvgIpc) is 2.62. The molecule has 3 aromatic rings. The SMILES string of the molecule is O=C(N=[Se](c1ccccc1)c1ccccc1)c1ccccc1. The second-order valence-corrected chi connectivity index (χ2v) is 8.23. The maximum atomic E-state index is 12.5. The number of hydrogen-bond acceptors (Lipinski definition) is 1. The minimum absolute atomic E-state index is 0.140. The van der Waals surface area contributed by atoms with E-state index in [0.717, 1.165) is 8.92 Å². The van der Waals surface area contributed by atoms with Gasteiger partial charge in [0.05, 0.1) is 0 Å². The van der Waals surface area contributed by atoms with Gasteiger partial charge in [-0.1, -0.05) is 0 Å². The number of carbonyl (C=O) groups is 1. The van der Waals surface area contributed by atoms with Crippen LogP contribution < -0.4 is 8.92 Å². The molecule has 0 aliphatic heterocycles. The molecule has 2 nitrogen and oxygen atoms in total. The molecule has 3 rings (SSSR count). The Hall–Kier alpha value is -2.35. The van der Waals surface area contributed by atoms with Crippen LogP contribution in [-0.2, 0) is 0 Å². The summed E-state index contributed by atoms with van der Waals surface area (Å²) >= 11 is -1.74. The van der Waals surface area contributed by atoms with Crippen LogP contribution in [0.25, 0.3) is 0 Å². The van der Waals surface area contributed by atoms with Crippen molar-refractivity contribution < 1.29 is 4.79 Å². The van der Waals surface area contributed by atoms with Crippen LogP contribution >= 0.6 is 0 Å². The third-order valence-electron chi connectivity index (χ3n) is 3.13. The summed E-state index contributed by atoms with van der Waals surface area (Å²) in [4.78, 5) is 12.5. The van der Waals surface area contributed by atoms with Crippen molar-refractivity contribution >= 4 is 28.5 Å². The molecule has 0 spiro atoms. The fourth-order valence-corrected chi connectivity index (χ4v) is 5.38. The summed E-state index contributed by atoms with van der Waals surface area (Å²) in [5, 5.41) is 0. The molecule has 0 aromatic heterocycles. The Balaban J connectivity index is 2.06.